The van der Waals surface area contributed by atoms with Crippen LogP contribution >= 0.6 is 0 Å². The van der Waals surface area contributed by atoms with Crippen molar-refractivity contribution in [3.8, 4) is 11.6 Å². The smallest absolute Gasteiger partial charge is 0.417 e. The van der Waals surface area contributed by atoms with E-state index in [0.717, 1.165) is 24.0 Å². The van der Waals surface area contributed by atoms with Gasteiger partial charge in [0.2, 0.25) is 11.4 Å². The quantitative estimate of drug-likeness (QED) is 0.189. The Bertz CT molecular complexity index is 2070. The molecule has 0 bridgehead atoms. The lowest BCUT2D eigenvalue weighted by Gasteiger charge is -2.37. The maximum absolute atomic E-state index is 15.2. The molecule has 2 N–H and O–H groups in total. The van der Waals surface area contributed by atoms with E-state index in [-0.39, 0.29) is 77.7 Å². The topological polar surface area (TPSA) is 115 Å². The standard InChI is InChI=1S/C39H33F3N2O6.C2H7N/c40-39(41,42)33-25(27-13-7-8-14-43-27)18-28(47-19-21-9-3-1-4-10-21)31-26(33)16-23-15-24-17-29-32(35(46)38(24)36(49-38)30(23)34(31)45)37(44-50-29)48-20-22-11-5-2-6-12-22;1-3-2/h1-6,9-12,18,23-24,27,43H,7-8,13-17,19-20H2;3H,1-2H3/t23?,24-,27?,38+;/m0./s1. The van der Waals surface area contributed by atoms with Crippen LogP contribution in [0.1, 0.15) is 86.0 Å². The number of allylic oxidation sites excluding steroid dienone is 1. The third kappa shape index (κ3) is 6.11. The fourth-order valence-corrected chi connectivity index (χ4v) is 8.56. The third-order valence-corrected chi connectivity index (χ3v) is 10.9. The van der Waals surface area contributed by atoms with Crippen LogP contribution in [0.3, 0.4) is 0 Å². The normalized spacial score (nSPS) is 24.0. The monoisotopic (exact) mass is 727 g/mol. The summed E-state index contributed by atoms with van der Waals surface area (Å²) >= 11 is 0. The average Bonchev–Trinajstić information content (AvgIpc) is 3.79. The molecule has 4 aromatic rings. The number of benzene rings is 3. The summed E-state index contributed by atoms with van der Waals surface area (Å²) in [5.74, 6) is -1.23. The van der Waals surface area contributed by atoms with Crippen molar-refractivity contribution in [3.63, 3.8) is 0 Å². The van der Waals surface area contributed by atoms with Gasteiger partial charge in [0, 0.05) is 24.0 Å². The first-order valence-electron chi connectivity index (χ1n) is 18.1. The van der Waals surface area contributed by atoms with Crippen LogP contribution in [0.15, 0.2) is 82.6 Å². The average molecular weight is 728 g/mol. The van der Waals surface area contributed by atoms with E-state index in [4.69, 9.17) is 18.7 Å². The fourth-order valence-electron chi connectivity index (χ4n) is 8.56. The van der Waals surface area contributed by atoms with Crippen molar-refractivity contribution in [2.75, 3.05) is 20.6 Å². The molecule has 1 spiro atoms. The summed E-state index contributed by atoms with van der Waals surface area (Å²) in [5, 5.41) is 10.1. The van der Waals surface area contributed by atoms with Gasteiger partial charge in [-0.2, -0.15) is 13.2 Å². The van der Waals surface area contributed by atoms with E-state index in [0.29, 0.717) is 18.7 Å². The van der Waals surface area contributed by atoms with Gasteiger partial charge in [0.05, 0.1) is 11.1 Å². The van der Waals surface area contributed by atoms with Crippen LogP contribution in [-0.4, -0.2) is 43.0 Å². The summed E-state index contributed by atoms with van der Waals surface area (Å²) < 4.78 is 69.5. The van der Waals surface area contributed by atoms with Crippen molar-refractivity contribution in [1.29, 1.82) is 0 Å². The number of ketones is 2. The SMILES string of the molecule is CNC.O=C1C2=C3O[C@]34C(=O)c3c(OCc5ccccc5)noc3C[C@@H]4CC2Cc2c1c(OCc1ccccc1)cc(C1CCCCN1)c2C(F)(F)F. The number of carbonyl (C=O) groups is 2. The first-order valence-corrected chi connectivity index (χ1v) is 18.1. The van der Waals surface area contributed by atoms with Crippen molar-refractivity contribution >= 4 is 11.6 Å². The number of hydrogen-bond acceptors (Lipinski definition) is 9. The van der Waals surface area contributed by atoms with Gasteiger partial charge in [0.15, 0.2) is 17.3 Å². The van der Waals surface area contributed by atoms with Crippen LogP contribution in [0.25, 0.3) is 0 Å². The molecule has 276 valence electrons. The van der Waals surface area contributed by atoms with E-state index < -0.39 is 46.8 Å². The molecule has 0 radical (unpaired) electrons. The van der Waals surface area contributed by atoms with E-state index in [1.807, 2.05) is 74.8 Å². The second-order valence-corrected chi connectivity index (χ2v) is 14.3. The molecule has 5 aliphatic rings. The lowest BCUT2D eigenvalue weighted by Crippen LogP contribution is -2.44. The minimum Gasteiger partial charge on any atom is -0.488 e. The van der Waals surface area contributed by atoms with Crippen molar-refractivity contribution in [2.45, 2.75) is 69.6 Å². The predicted molar refractivity (Wildman–Crippen MR) is 188 cm³/mol. The minimum atomic E-state index is -4.71. The zero-order valence-electron chi connectivity index (χ0n) is 29.5. The number of hydrogen-bond donors (Lipinski definition) is 2. The molecule has 0 amide bonds. The molecular weight excluding hydrogens is 687 g/mol. The van der Waals surface area contributed by atoms with Crippen LogP contribution in [0.4, 0.5) is 13.2 Å². The second kappa shape index (κ2) is 13.8. The Balaban J connectivity index is 0.00000129. The summed E-state index contributed by atoms with van der Waals surface area (Å²) in [5.41, 5.74) is -0.0533. The molecule has 9 rings (SSSR count). The molecule has 1 aromatic heterocycles. The molecule has 53 heavy (non-hydrogen) atoms. The minimum absolute atomic E-state index is 0.0319. The van der Waals surface area contributed by atoms with Gasteiger partial charge in [-0.05, 0) is 85.7 Å². The van der Waals surface area contributed by atoms with Crippen LogP contribution in [-0.2, 0) is 37.0 Å². The zero-order chi connectivity index (χ0) is 36.9. The lowest BCUT2D eigenvalue weighted by atomic mass is 9.62. The number of alkyl halides is 3. The number of Topliss-reactive ketones (excluding diaryl/α,β-unsaturated/α-hetero) is 2. The third-order valence-electron chi connectivity index (χ3n) is 10.9. The number of ether oxygens (including phenoxy) is 3. The number of nitrogens with one attached hydrogen (secondary N) is 2. The van der Waals surface area contributed by atoms with Gasteiger partial charge in [-0.3, -0.25) is 9.59 Å². The predicted octanol–water partition coefficient (Wildman–Crippen LogP) is 7.34. The summed E-state index contributed by atoms with van der Waals surface area (Å²) in [6.07, 6.45) is -1.96. The molecule has 4 atom stereocenters. The lowest BCUT2D eigenvalue weighted by molar-refractivity contribution is -0.139. The van der Waals surface area contributed by atoms with Crippen molar-refractivity contribution < 1.29 is 41.5 Å². The van der Waals surface area contributed by atoms with Crippen LogP contribution in [0.2, 0.25) is 0 Å². The van der Waals surface area contributed by atoms with E-state index in [1.54, 1.807) is 0 Å². The van der Waals surface area contributed by atoms with E-state index >= 15 is 13.2 Å². The molecule has 2 saturated heterocycles. The van der Waals surface area contributed by atoms with E-state index in [2.05, 4.69) is 15.8 Å². The van der Waals surface area contributed by atoms with Crippen molar-refractivity contribution in [2.24, 2.45) is 11.8 Å². The first kappa shape index (κ1) is 35.1. The van der Waals surface area contributed by atoms with Gasteiger partial charge < -0.3 is 29.4 Å². The Morgan fingerprint density at radius 3 is 2.26 bits per heavy atom. The molecule has 3 aromatic carbocycles. The number of fused-ring (bicyclic) bond motifs is 3. The van der Waals surface area contributed by atoms with Gasteiger partial charge in [-0.1, -0.05) is 67.1 Å². The Morgan fingerprint density at radius 2 is 1.62 bits per heavy atom. The van der Waals surface area contributed by atoms with Gasteiger partial charge in [0.25, 0.3) is 5.88 Å². The number of epoxide rings is 1. The van der Waals surface area contributed by atoms with E-state index in [9.17, 15) is 9.59 Å². The molecule has 3 heterocycles. The Morgan fingerprint density at radius 1 is 0.943 bits per heavy atom. The summed E-state index contributed by atoms with van der Waals surface area (Å²) in [7, 11) is 3.75. The maximum atomic E-state index is 15.2. The molecule has 12 heteroatoms. The highest BCUT2D eigenvalue weighted by atomic mass is 19.4. The van der Waals surface area contributed by atoms with E-state index in [1.165, 1.54) is 6.07 Å². The molecule has 2 aliphatic heterocycles. The first-order chi connectivity index (χ1) is 25.7. The summed E-state index contributed by atoms with van der Waals surface area (Å²) in [6, 6.07) is 19.6. The van der Waals surface area contributed by atoms with Crippen LogP contribution in [0, 0.1) is 11.8 Å². The number of rotatable bonds is 7. The molecular formula is C41H40F3N3O6. The molecule has 2 fully saturated rings. The number of nitrogens with zero attached hydrogens (tertiary/aromatic N) is 1. The van der Waals surface area contributed by atoms with Gasteiger partial charge in [-0.15, -0.1) is 0 Å². The van der Waals surface area contributed by atoms with Crippen molar-refractivity contribution in [3.05, 3.63) is 123 Å². The highest BCUT2D eigenvalue weighted by Crippen LogP contribution is 2.63. The number of carbonyl (C=O) groups excluding carboxylic acids is 2. The molecule has 9 nitrogen and oxygen atoms in total. The maximum Gasteiger partial charge on any atom is 0.417 e. The molecule has 3 aliphatic carbocycles. The van der Waals surface area contributed by atoms with Crippen LogP contribution in [0.5, 0.6) is 11.6 Å². The highest BCUT2D eigenvalue weighted by Gasteiger charge is 2.72. The van der Waals surface area contributed by atoms with Gasteiger partial charge >= 0.3 is 6.18 Å². The zero-order valence-corrected chi connectivity index (χ0v) is 29.5. The highest BCUT2D eigenvalue weighted by molar-refractivity contribution is 6.17. The Hall–Kier alpha value is -4.94. The second-order valence-electron chi connectivity index (χ2n) is 14.3. The summed E-state index contributed by atoms with van der Waals surface area (Å²) in [6.45, 7) is 0.845. The Kier molecular flexibility index (Phi) is 9.14. The number of halogens is 3. The fraction of sp³-hybridized carbons (Fsp3) is 0.390. The number of piperidine rings is 1. The summed E-state index contributed by atoms with van der Waals surface area (Å²) in [4.78, 5) is 28.9. The largest absolute Gasteiger partial charge is 0.488 e. The molecule has 0 saturated carbocycles. The number of aromatic nitrogens is 1. The Labute approximate surface area is 304 Å². The molecule has 2 unspecified atom stereocenters. The van der Waals surface area contributed by atoms with Gasteiger partial charge in [-0.25, -0.2) is 0 Å². The van der Waals surface area contributed by atoms with Crippen LogP contribution < -0.4 is 20.1 Å². The van der Waals surface area contributed by atoms with Crippen molar-refractivity contribution in [1.82, 2.24) is 15.8 Å². The van der Waals surface area contributed by atoms with Gasteiger partial charge in [0.1, 0.15) is 24.5 Å².